The first kappa shape index (κ1) is 10.7. The lowest BCUT2D eigenvalue weighted by atomic mass is 10.2. The van der Waals surface area contributed by atoms with Gasteiger partial charge in [-0.25, -0.2) is 4.98 Å². The molecule has 0 fully saturated rings. The zero-order chi connectivity index (χ0) is 10.7. The molecule has 1 aromatic heterocycles. The first-order valence-electron chi connectivity index (χ1n) is 4.99. The number of aromatic nitrogens is 1. The summed E-state index contributed by atoms with van der Waals surface area (Å²) in [4.78, 5) is 4.49. The standard InChI is InChI=1S/C12H12INO/c1-2-7-15-11-8-9-5-3-4-6-10(9)14-12(11)13/h3-6,8H,2,7H2,1H3. The highest BCUT2D eigenvalue weighted by molar-refractivity contribution is 14.1. The van der Waals surface area contributed by atoms with Crippen molar-refractivity contribution in [2.75, 3.05) is 6.61 Å². The summed E-state index contributed by atoms with van der Waals surface area (Å²) in [6.45, 7) is 2.84. The van der Waals surface area contributed by atoms with Crippen molar-refractivity contribution in [2.24, 2.45) is 0 Å². The molecule has 0 amide bonds. The predicted molar refractivity (Wildman–Crippen MR) is 70.2 cm³/mol. The van der Waals surface area contributed by atoms with Crippen molar-refractivity contribution >= 4 is 33.5 Å². The summed E-state index contributed by atoms with van der Waals surface area (Å²) in [5, 5.41) is 1.13. The number of para-hydroxylation sites is 1. The second kappa shape index (κ2) is 4.79. The van der Waals surface area contributed by atoms with Gasteiger partial charge < -0.3 is 4.74 Å². The van der Waals surface area contributed by atoms with Gasteiger partial charge in [0.2, 0.25) is 0 Å². The highest BCUT2D eigenvalue weighted by atomic mass is 127. The van der Waals surface area contributed by atoms with Crippen molar-refractivity contribution in [1.82, 2.24) is 4.98 Å². The average molecular weight is 313 g/mol. The van der Waals surface area contributed by atoms with Gasteiger partial charge in [-0.05, 0) is 41.1 Å². The molecule has 2 aromatic rings. The van der Waals surface area contributed by atoms with E-state index in [-0.39, 0.29) is 0 Å². The summed E-state index contributed by atoms with van der Waals surface area (Å²) in [6, 6.07) is 10.1. The van der Waals surface area contributed by atoms with Crippen LogP contribution in [0.2, 0.25) is 0 Å². The van der Waals surface area contributed by atoms with Gasteiger partial charge >= 0.3 is 0 Å². The van der Waals surface area contributed by atoms with E-state index in [2.05, 4.69) is 46.6 Å². The number of benzene rings is 1. The molecule has 0 atom stereocenters. The molecule has 0 saturated heterocycles. The Balaban J connectivity index is 2.43. The maximum Gasteiger partial charge on any atom is 0.151 e. The molecule has 15 heavy (non-hydrogen) atoms. The minimum Gasteiger partial charge on any atom is -0.491 e. The molecule has 3 heteroatoms. The molecule has 1 aromatic carbocycles. The van der Waals surface area contributed by atoms with E-state index in [1.807, 2.05) is 18.2 Å². The van der Waals surface area contributed by atoms with Crippen molar-refractivity contribution in [3.8, 4) is 5.75 Å². The summed E-state index contributed by atoms with van der Waals surface area (Å²) in [7, 11) is 0. The van der Waals surface area contributed by atoms with Crippen LogP contribution in [0.15, 0.2) is 30.3 Å². The van der Waals surface area contributed by atoms with Crippen molar-refractivity contribution < 1.29 is 4.74 Å². The molecule has 0 aliphatic rings. The number of hydrogen-bond acceptors (Lipinski definition) is 2. The van der Waals surface area contributed by atoms with Gasteiger partial charge in [-0.3, -0.25) is 0 Å². The van der Waals surface area contributed by atoms with Gasteiger partial charge in [-0.15, -0.1) is 0 Å². The Morgan fingerprint density at radius 1 is 1.33 bits per heavy atom. The van der Waals surface area contributed by atoms with Crippen LogP contribution < -0.4 is 4.74 Å². The number of halogens is 1. The molecule has 0 N–H and O–H groups in total. The molecule has 0 saturated carbocycles. The topological polar surface area (TPSA) is 22.1 Å². The normalized spacial score (nSPS) is 10.5. The van der Waals surface area contributed by atoms with Crippen molar-refractivity contribution in [3.63, 3.8) is 0 Å². The fourth-order valence-corrected chi connectivity index (χ4v) is 1.96. The Hall–Kier alpha value is -0.840. The summed E-state index contributed by atoms with van der Waals surface area (Å²) < 4.78 is 6.55. The maximum atomic E-state index is 5.62. The minimum absolute atomic E-state index is 0.746. The van der Waals surface area contributed by atoms with Crippen LogP contribution >= 0.6 is 22.6 Å². The first-order chi connectivity index (χ1) is 7.31. The van der Waals surface area contributed by atoms with E-state index in [1.54, 1.807) is 0 Å². The molecule has 78 valence electrons. The average Bonchev–Trinajstić information content (AvgIpc) is 2.26. The minimum atomic E-state index is 0.746. The monoisotopic (exact) mass is 313 g/mol. The Morgan fingerprint density at radius 2 is 2.13 bits per heavy atom. The molecular formula is C12H12INO. The third-order valence-corrected chi connectivity index (χ3v) is 2.88. The Kier molecular flexibility index (Phi) is 3.41. The molecule has 0 spiro atoms. The fourth-order valence-electron chi connectivity index (χ4n) is 1.39. The molecule has 0 bridgehead atoms. The van der Waals surface area contributed by atoms with E-state index >= 15 is 0 Å². The lowest BCUT2D eigenvalue weighted by Gasteiger charge is -2.07. The van der Waals surface area contributed by atoms with Crippen LogP contribution in [-0.2, 0) is 0 Å². The third kappa shape index (κ3) is 2.40. The summed E-state index contributed by atoms with van der Waals surface area (Å²) in [6.07, 6.45) is 1.02. The van der Waals surface area contributed by atoms with Crippen molar-refractivity contribution in [2.45, 2.75) is 13.3 Å². The van der Waals surface area contributed by atoms with Gasteiger partial charge in [-0.2, -0.15) is 0 Å². The fraction of sp³-hybridized carbons (Fsp3) is 0.250. The number of rotatable bonds is 3. The van der Waals surface area contributed by atoms with Crippen LogP contribution in [0.1, 0.15) is 13.3 Å². The van der Waals surface area contributed by atoms with Gasteiger partial charge in [0.25, 0.3) is 0 Å². The summed E-state index contributed by atoms with van der Waals surface area (Å²) >= 11 is 2.21. The number of fused-ring (bicyclic) bond motifs is 1. The summed E-state index contributed by atoms with van der Waals surface area (Å²) in [5.41, 5.74) is 1.02. The SMILES string of the molecule is CCCOc1cc2ccccc2nc1I. The van der Waals surface area contributed by atoms with Crippen LogP contribution in [-0.4, -0.2) is 11.6 Å². The van der Waals surface area contributed by atoms with Gasteiger partial charge in [0.15, 0.2) is 5.75 Å². The van der Waals surface area contributed by atoms with Gasteiger partial charge in [0.05, 0.1) is 12.1 Å². The second-order valence-electron chi connectivity index (χ2n) is 3.32. The Morgan fingerprint density at radius 3 is 2.93 bits per heavy atom. The van der Waals surface area contributed by atoms with Gasteiger partial charge in [-0.1, -0.05) is 25.1 Å². The van der Waals surface area contributed by atoms with E-state index < -0.39 is 0 Å². The highest BCUT2D eigenvalue weighted by Crippen LogP contribution is 2.24. The van der Waals surface area contributed by atoms with Crippen LogP contribution in [0.4, 0.5) is 0 Å². The van der Waals surface area contributed by atoms with E-state index in [4.69, 9.17) is 4.74 Å². The second-order valence-corrected chi connectivity index (χ2v) is 4.34. The molecule has 0 aliphatic heterocycles. The van der Waals surface area contributed by atoms with E-state index in [0.717, 1.165) is 33.4 Å². The zero-order valence-electron chi connectivity index (χ0n) is 8.53. The smallest absolute Gasteiger partial charge is 0.151 e. The Bertz CT molecular complexity index is 470. The lowest BCUT2D eigenvalue weighted by molar-refractivity contribution is 0.314. The summed E-state index contributed by atoms with van der Waals surface area (Å²) in [5.74, 6) is 0.885. The van der Waals surface area contributed by atoms with Crippen molar-refractivity contribution in [1.29, 1.82) is 0 Å². The molecule has 0 radical (unpaired) electrons. The molecule has 2 nitrogen and oxygen atoms in total. The quantitative estimate of drug-likeness (QED) is 0.638. The first-order valence-corrected chi connectivity index (χ1v) is 6.07. The zero-order valence-corrected chi connectivity index (χ0v) is 10.7. The molecule has 0 aliphatic carbocycles. The van der Waals surface area contributed by atoms with Crippen molar-refractivity contribution in [3.05, 3.63) is 34.0 Å². The largest absolute Gasteiger partial charge is 0.491 e. The highest BCUT2D eigenvalue weighted by Gasteiger charge is 2.04. The third-order valence-electron chi connectivity index (χ3n) is 2.11. The van der Waals surface area contributed by atoms with Gasteiger partial charge in [0, 0.05) is 5.39 Å². The van der Waals surface area contributed by atoms with E-state index in [1.165, 1.54) is 0 Å². The molecule has 0 unspecified atom stereocenters. The van der Waals surface area contributed by atoms with Crippen LogP contribution in [0.5, 0.6) is 5.75 Å². The number of nitrogens with zero attached hydrogens (tertiary/aromatic N) is 1. The molecule has 2 rings (SSSR count). The Labute approximate surface area is 103 Å². The number of ether oxygens (including phenoxy) is 1. The van der Waals surface area contributed by atoms with Crippen LogP contribution in [0.25, 0.3) is 10.9 Å². The predicted octanol–water partition coefficient (Wildman–Crippen LogP) is 3.63. The molecular weight excluding hydrogens is 301 g/mol. The van der Waals surface area contributed by atoms with Gasteiger partial charge in [0.1, 0.15) is 3.70 Å². The maximum absolute atomic E-state index is 5.62. The lowest BCUT2D eigenvalue weighted by Crippen LogP contribution is -1.98. The number of pyridine rings is 1. The number of hydrogen-bond donors (Lipinski definition) is 0. The van der Waals surface area contributed by atoms with E-state index in [9.17, 15) is 0 Å². The van der Waals surface area contributed by atoms with E-state index in [0.29, 0.717) is 0 Å². The van der Waals surface area contributed by atoms with Crippen LogP contribution in [0.3, 0.4) is 0 Å². The van der Waals surface area contributed by atoms with Crippen LogP contribution in [0, 0.1) is 3.70 Å². The molecule has 1 heterocycles.